The summed E-state index contributed by atoms with van der Waals surface area (Å²) in [6, 6.07) is 19.7. The zero-order valence-corrected chi connectivity index (χ0v) is 18.1. The van der Waals surface area contributed by atoms with E-state index in [1.54, 1.807) is 0 Å². The van der Waals surface area contributed by atoms with Gasteiger partial charge in [0.05, 0.1) is 0 Å². The number of hydrogen-bond acceptors (Lipinski definition) is 4. The molecule has 4 rings (SSSR count). The van der Waals surface area contributed by atoms with E-state index in [1.807, 2.05) is 56.3 Å². The first-order chi connectivity index (χ1) is 15.0. The Labute approximate surface area is 182 Å². The molecule has 1 N–H and O–H groups in total. The quantitative estimate of drug-likeness (QED) is 0.427. The van der Waals surface area contributed by atoms with E-state index in [9.17, 15) is 4.79 Å². The lowest BCUT2D eigenvalue weighted by atomic mass is 10.1. The molecule has 4 aromatic rings. The van der Waals surface area contributed by atoms with Crippen molar-refractivity contribution in [2.45, 2.75) is 33.6 Å². The number of amides is 1. The molecule has 0 spiro atoms. The predicted octanol–water partition coefficient (Wildman–Crippen LogP) is 5.62. The van der Waals surface area contributed by atoms with Gasteiger partial charge in [-0.05, 0) is 78.9 Å². The Balaban J connectivity index is 1.34. The summed E-state index contributed by atoms with van der Waals surface area (Å²) >= 11 is 0. The summed E-state index contributed by atoms with van der Waals surface area (Å²) in [5.41, 5.74) is 6.94. The van der Waals surface area contributed by atoms with Crippen molar-refractivity contribution in [3.8, 4) is 5.75 Å². The molecule has 0 radical (unpaired) electrons. The van der Waals surface area contributed by atoms with Crippen LogP contribution >= 0.6 is 0 Å². The Bertz CT molecular complexity index is 1190. The first-order valence-corrected chi connectivity index (χ1v) is 10.5. The molecule has 1 heterocycles. The molecular weight excluding hydrogens is 388 g/mol. The summed E-state index contributed by atoms with van der Waals surface area (Å²) in [5, 5.41) is 2.86. The first-order valence-electron chi connectivity index (χ1n) is 10.5. The maximum atomic E-state index is 12.2. The summed E-state index contributed by atoms with van der Waals surface area (Å²) in [6.07, 6.45) is 1.57. The van der Waals surface area contributed by atoms with Crippen molar-refractivity contribution in [3.63, 3.8) is 0 Å². The minimum Gasteiger partial charge on any atom is -0.484 e. The van der Waals surface area contributed by atoms with E-state index in [2.05, 4.69) is 35.4 Å². The molecule has 0 aliphatic rings. The van der Waals surface area contributed by atoms with Crippen molar-refractivity contribution in [1.29, 1.82) is 0 Å². The highest BCUT2D eigenvalue weighted by Gasteiger charge is 2.09. The van der Waals surface area contributed by atoms with Gasteiger partial charge in [-0.3, -0.25) is 4.79 Å². The molecular formula is C26H26N2O3. The molecule has 1 aromatic heterocycles. The number of fused-ring (bicyclic) bond motifs is 1. The van der Waals surface area contributed by atoms with Crippen LogP contribution in [-0.2, 0) is 17.6 Å². The van der Waals surface area contributed by atoms with Gasteiger partial charge in [-0.2, -0.15) is 0 Å². The molecule has 0 unspecified atom stereocenters. The van der Waals surface area contributed by atoms with E-state index in [-0.39, 0.29) is 12.5 Å². The lowest BCUT2D eigenvalue weighted by Gasteiger charge is -2.09. The van der Waals surface area contributed by atoms with Crippen molar-refractivity contribution >= 4 is 22.7 Å². The third kappa shape index (κ3) is 5.31. The van der Waals surface area contributed by atoms with Gasteiger partial charge in [-0.1, -0.05) is 31.2 Å². The summed E-state index contributed by atoms with van der Waals surface area (Å²) in [5.74, 6) is 1.19. The Morgan fingerprint density at radius 1 is 0.968 bits per heavy atom. The number of benzene rings is 3. The fraction of sp³-hybridized carbons (Fsp3) is 0.231. The van der Waals surface area contributed by atoms with Crippen LogP contribution in [-0.4, -0.2) is 17.5 Å². The molecule has 3 aromatic carbocycles. The van der Waals surface area contributed by atoms with E-state index in [4.69, 9.17) is 9.15 Å². The van der Waals surface area contributed by atoms with Crippen LogP contribution in [0.2, 0.25) is 0 Å². The summed E-state index contributed by atoms with van der Waals surface area (Å²) < 4.78 is 11.5. The lowest BCUT2D eigenvalue weighted by Crippen LogP contribution is -2.20. The maximum absolute atomic E-state index is 12.2. The van der Waals surface area contributed by atoms with E-state index >= 15 is 0 Å². The first kappa shape index (κ1) is 20.7. The molecule has 0 aliphatic heterocycles. The standard InChI is InChI=1S/C26H26N2O3/c1-4-19-7-10-24-23(14-19)28-26(31-24)15-20-5-8-21(9-6-20)27-25(29)16-30-22-12-17(2)11-18(3)13-22/h5-14H,4,15-16H2,1-3H3,(H,27,29). The Kier molecular flexibility index (Phi) is 6.03. The average Bonchev–Trinajstić information content (AvgIpc) is 3.14. The van der Waals surface area contributed by atoms with Crippen molar-refractivity contribution in [2.24, 2.45) is 0 Å². The average molecular weight is 415 g/mol. The molecule has 0 saturated carbocycles. The summed E-state index contributed by atoms with van der Waals surface area (Å²) in [6.45, 7) is 6.10. The fourth-order valence-corrected chi connectivity index (χ4v) is 3.56. The topological polar surface area (TPSA) is 64.4 Å². The smallest absolute Gasteiger partial charge is 0.262 e. The zero-order valence-electron chi connectivity index (χ0n) is 18.1. The molecule has 0 aliphatic carbocycles. The molecule has 0 fully saturated rings. The second-order valence-electron chi connectivity index (χ2n) is 7.80. The predicted molar refractivity (Wildman–Crippen MR) is 123 cm³/mol. The van der Waals surface area contributed by atoms with Gasteiger partial charge < -0.3 is 14.5 Å². The third-order valence-corrected chi connectivity index (χ3v) is 5.06. The number of anilines is 1. The van der Waals surface area contributed by atoms with Crippen molar-refractivity contribution in [3.05, 3.63) is 88.8 Å². The molecule has 0 atom stereocenters. The highest BCUT2D eigenvalue weighted by molar-refractivity contribution is 5.91. The Hall–Kier alpha value is -3.60. The molecule has 5 nitrogen and oxygen atoms in total. The Morgan fingerprint density at radius 3 is 2.39 bits per heavy atom. The molecule has 31 heavy (non-hydrogen) atoms. The van der Waals surface area contributed by atoms with E-state index in [0.29, 0.717) is 18.1 Å². The van der Waals surface area contributed by atoms with Crippen molar-refractivity contribution in [2.75, 3.05) is 11.9 Å². The van der Waals surface area contributed by atoms with Crippen LogP contribution in [0.3, 0.4) is 0 Å². The maximum Gasteiger partial charge on any atom is 0.262 e. The van der Waals surface area contributed by atoms with Gasteiger partial charge >= 0.3 is 0 Å². The lowest BCUT2D eigenvalue weighted by molar-refractivity contribution is -0.118. The molecule has 158 valence electrons. The second kappa shape index (κ2) is 9.04. The normalized spacial score (nSPS) is 10.9. The fourth-order valence-electron chi connectivity index (χ4n) is 3.56. The van der Waals surface area contributed by atoms with Crippen molar-refractivity contribution < 1.29 is 13.9 Å². The zero-order chi connectivity index (χ0) is 21.8. The van der Waals surface area contributed by atoms with Crippen LogP contribution in [0.5, 0.6) is 5.75 Å². The van der Waals surface area contributed by atoms with E-state index in [1.165, 1.54) is 5.56 Å². The van der Waals surface area contributed by atoms with Gasteiger partial charge in [-0.25, -0.2) is 4.98 Å². The summed E-state index contributed by atoms with van der Waals surface area (Å²) in [4.78, 5) is 16.8. The second-order valence-corrected chi connectivity index (χ2v) is 7.80. The van der Waals surface area contributed by atoms with Gasteiger partial charge in [0.2, 0.25) is 0 Å². The number of hydrogen-bond donors (Lipinski definition) is 1. The van der Waals surface area contributed by atoms with Crippen LogP contribution in [0.15, 0.2) is 65.1 Å². The third-order valence-electron chi connectivity index (χ3n) is 5.06. The number of carbonyl (C=O) groups excluding carboxylic acids is 1. The van der Waals surface area contributed by atoms with Gasteiger partial charge in [0.15, 0.2) is 18.1 Å². The number of rotatable bonds is 7. The van der Waals surface area contributed by atoms with Gasteiger partial charge in [0, 0.05) is 12.1 Å². The Morgan fingerprint density at radius 2 is 1.68 bits per heavy atom. The number of ether oxygens (including phenoxy) is 1. The van der Waals surface area contributed by atoms with E-state index in [0.717, 1.165) is 39.9 Å². The van der Waals surface area contributed by atoms with Gasteiger partial charge in [-0.15, -0.1) is 0 Å². The number of nitrogens with zero attached hydrogens (tertiary/aromatic N) is 1. The van der Waals surface area contributed by atoms with Crippen LogP contribution < -0.4 is 10.1 Å². The highest BCUT2D eigenvalue weighted by atomic mass is 16.5. The van der Waals surface area contributed by atoms with Crippen LogP contribution in [0, 0.1) is 13.8 Å². The van der Waals surface area contributed by atoms with Gasteiger partial charge in [0.1, 0.15) is 11.3 Å². The van der Waals surface area contributed by atoms with E-state index < -0.39 is 0 Å². The number of nitrogens with one attached hydrogen (secondary N) is 1. The molecule has 1 amide bonds. The SMILES string of the molecule is CCc1ccc2oc(Cc3ccc(NC(=O)COc4cc(C)cc(C)c4)cc3)nc2c1. The van der Waals surface area contributed by atoms with Crippen LogP contribution in [0.1, 0.15) is 35.1 Å². The monoisotopic (exact) mass is 414 g/mol. The number of aromatic nitrogens is 1. The van der Waals surface area contributed by atoms with Crippen molar-refractivity contribution in [1.82, 2.24) is 4.98 Å². The number of aryl methyl sites for hydroxylation is 3. The number of oxazole rings is 1. The molecule has 0 saturated heterocycles. The summed E-state index contributed by atoms with van der Waals surface area (Å²) in [7, 11) is 0. The number of carbonyl (C=O) groups is 1. The molecule has 5 heteroatoms. The molecule has 0 bridgehead atoms. The minimum absolute atomic E-state index is 0.0344. The largest absolute Gasteiger partial charge is 0.484 e. The highest BCUT2D eigenvalue weighted by Crippen LogP contribution is 2.21. The van der Waals surface area contributed by atoms with Crippen LogP contribution in [0.4, 0.5) is 5.69 Å². The minimum atomic E-state index is -0.197. The van der Waals surface area contributed by atoms with Gasteiger partial charge in [0.25, 0.3) is 5.91 Å². The van der Waals surface area contributed by atoms with Crippen LogP contribution in [0.25, 0.3) is 11.1 Å².